The highest BCUT2D eigenvalue weighted by Gasteiger charge is 2.40. The molecule has 0 unspecified atom stereocenters. The molecule has 0 atom stereocenters. The summed E-state index contributed by atoms with van der Waals surface area (Å²) >= 11 is 0. The van der Waals surface area contributed by atoms with Crippen LogP contribution < -0.4 is 5.32 Å². The first kappa shape index (κ1) is 14.9. The minimum atomic E-state index is -4.42. The van der Waals surface area contributed by atoms with Crippen molar-refractivity contribution in [2.75, 3.05) is 13.1 Å². The van der Waals surface area contributed by atoms with E-state index in [1.807, 2.05) is 0 Å². The molecule has 2 aromatic rings. The largest absolute Gasteiger partial charge is 0.434 e. The Balaban J connectivity index is 1.47. The summed E-state index contributed by atoms with van der Waals surface area (Å²) in [6, 6.07) is 0. The second-order valence-corrected chi connectivity index (χ2v) is 7.02. The zero-order valence-corrected chi connectivity index (χ0v) is 12.7. The highest BCUT2D eigenvalue weighted by molar-refractivity contribution is 5.38. The number of fused-ring (bicyclic) bond motifs is 1. The van der Waals surface area contributed by atoms with Crippen LogP contribution in [0.5, 0.6) is 0 Å². The number of hydrogen-bond donors (Lipinski definition) is 1. The predicted molar refractivity (Wildman–Crippen MR) is 79.0 cm³/mol. The molecule has 124 valence electrons. The number of imidazole rings is 1. The molecule has 0 bridgehead atoms. The SMILES string of the molecule is FC(F)(F)c1cn2cc(CC3CCC4(CC3)CNC4)ncc2n1. The molecule has 4 rings (SSSR count). The summed E-state index contributed by atoms with van der Waals surface area (Å²) in [5, 5.41) is 3.36. The Morgan fingerprint density at radius 2 is 1.96 bits per heavy atom. The van der Waals surface area contributed by atoms with Crippen molar-refractivity contribution in [3.05, 3.63) is 30.0 Å². The number of nitrogens with zero attached hydrogens (tertiary/aromatic N) is 3. The van der Waals surface area contributed by atoms with Crippen LogP contribution in [0.1, 0.15) is 37.1 Å². The van der Waals surface area contributed by atoms with Gasteiger partial charge in [-0.3, -0.25) is 4.98 Å². The minimum Gasteiger partial charge on any atom is -0.316 e. The monoisotopic (exact) mass is 324 g/mol. The molecule has 2 aromatic heterocycles. The molecule has 2 aliphatic rings. The van der Waals surface area contributed by atoms with Gasteiger partial charge in [-0.05, 0) is 43.4 Å². The van der Waals surface area contributed by atoms with Gasteiger partial charge in [0.25, 0.3) is 0 Å². The van der Waals surface area contributed by atoms with Crippen LogP contribution in [0.25, 0.3) is 5.65 Å². The molecule has 1 spiro atoms. The van der Waals surface area contributed by atoms with Gasteiger partial charge in [0.2, 0.25) is 0 Å². The number of halogens is 3. The smallest absolute Gasteiger partial charge is 0.316 e. The van der Waals surface area contributed by atoms with Crippen molar-refractivity contribution in [3.8, 4) is 0 Å². The number of nitrogens with one attached hydrogen (secondary N) is 1. The maximum absolute atomic E-state index is 12.7. The molecule has 4 nitrogen and oxygen atoms in total. The third-order valence-electron chi connectivity index (χ3n) is 5.35. The molecule has 1 saturated heterocycles. The molecule has 2 fully saturated rings. The van der Waals surface area contributed by atoms with Crippen LogP contribution in [-0.4, -0.2) is 27.5 Å². The lowest BCUT2D eigenvalue weighted by molar-refractivity contribution is -0.140. The molecular weight excluding hydrogens is 305 g/mol. The van der Waals surface area contributed by atoms with Crippen molar-refractivity contribution in [2.45, 2.75) is 38.3 Å². The number of aromatic nitrogens is 3. The maximum atomic E-state index is 12.7. The first-order valence-electron chi connectivity index (χ1n) is 8.05. The van der Waals surface area contributed by atoms with E-state index in [1.165, 1.54) is 36.3 Å². The quantitative estimate of drug-likeness (QED) is 0.923. The van der Waals surface area contributed by atoms with Gasteiger partial charge in [-0.25, -0.2) is 4.98 Å². The summed E-state index contributed by atoms with van der Waals surface area (Å²) in [4.78, 5) is 7.88. The van der Waals surface area contributed by atoms with Crippen LogP contribution in [-0.2, 0) is 12.6 Å². The molecule has 0 amide bonds. The lowest BCUT2D eigenvalue weighted by Crippen LogP contribution is -2.54. The fraction of sp³-hybridized carbons (Fsp3) is 0.625. The normalized spacial score (nSPS) is 21.7. The Morgan fingerprint density at radius 1 is 1.22 bits per heavy atom. The van der Waals surface area contributed by atoms with Gasteiger partial charge in [0.15, 0.2) is 11.3 Å². The highest BCUT2D eigenvalue weighted by atomic mass is 19.4. The zero-order chi connectivity index (χ0) is 16.1. The Kier molecular flexibility index (Phi) is 3.37. The van der Waals surface area contributed by atoms with E-state index in [2.05, 4.69) is 15.3 Å². The highest BCUT2D eigenvalue weighted by Crippen LogP contribution is 2.42. The van der Waals surface area contributed by atoms with E-state index >= 15 is 0 Å². The molecule has 0 aromatic carbocycles. The Hall–Kier alpha value is -1.63. The van der Waals surface area contributed by atoms with Gasteiger partial charge in [-0.1, -0.05) is 0 Å². The standard InChI is InChI=1S/C16H19F3N4/c17-16(18,19)13-8-23-7-12(21-6-14(23)22-13)5-11-1-3-15(4-2-11)9-20-10-15/h6-8,11,20H,1-5,9-10H2. The topological polar surface area (TPSA) is 42.2 Å². The summed E-state index contributed by atoms with van der Waals surface area (Å²) in [6.45, 7) is 2.28. The Bertz CT molecular complexity index is 708. The van der Waals surface area contributed by atoms with Crippen molar-refractivity contribution >= 4 is 5.65 Å². The molecule has 1 saturated carbocycles. The Labute approximate surface area is 132 Å². The number of hydrogen-bond acceptors (Lipinski definition) is 3. The third-order valence-corrected chi connectivity index (χ3v) is 5.35. The van der Waals surface area contributed by atoms with Gasteiger partial charge < -0.3 is 9.72 Å². The van der Waals surface area contributed by atoms with Crippen LogP contribution in [0.2, 0.25) is 0 Å². The van der Waals surface area contributed by atoms with Gasteiger partial charge in [0, 0.05) is 25.5 Å². The van der Waals surface area contributed by atoms with E-state index in [-0.39, 0.29) is 5.65 Å². The van der Waals surface area contributed by atoms with E-state index < -0.39 is 11.9 Å². The van der Waals surface area contributed by atoms with Crippen LogP contribution in [0, 0.1) is 11.3 Å². The van der Waals surface area contributed by atoms with Crippen molar-refractivity contribution in [1.29, 1.82) is 0 Å². The van der Waals surface area contributed by atoms with E-state index in [1.54, 1.807) is 6.20 Å². The first-order valence-corrected chi connectivity index (χ1v) is 8.05. The van der Waals surface area contributed by atoms with Gasteiger partial charge in [-0.15, -0.1) is 0 Å². The van der Waals surface area contributed by atoms with Crippen LogP contribution >= 0.6 is 0 Å². The molecule has 1 aliphatic carbocycles. The van der Waals surface area contributed by atoms with Gasteiger partial charge in [0.1, 0.15) is 0 Å². The van der Waals surface area contributed by atoms with E-state index in [9.17, 15) is 13.2 Å². The van der Waals surface area contributed by atoms with Gasteiger partial charge in [-0.2, -0.15) is 13.2 Å². The number of alkyl halides is 3. The lowest BCUT2D eigenvalue weighted by atomic mass is 9.66. The van der Waals surface area contributed by atoms with Gasteiger partial charge >= 0.3 is 6.18 Å². The van der Waals surface area contributed by atoms with Gasteiger partial charge in [0.05, 0.1) is 11.9 Å². The fourth-order valence-corrected chi connectivity index (χ4v) is 3.81. The average molecular weight is 324 g/mol. The number of rotatable bonds is 2. The zero-order valence-electron chi connectivity index (χ0n) is 12.7. The molecular formula is C16H19F3N4. The summed E-state index contributed by atoms with van der Waals surface area (Å²) in [5.41, 5.74) is 0.744. The molecule has 3 heterocycles. The van der Waals surface area contributed by atoms with Crippen LogP contribution in [0.4, 0.5) is 13.2 Å². The molecule has 0 radical (unpaired) electrons. The Morgan fingerprint density at radius 3 is 2.57 bits per heavy atom. The average Bonchev–Trinajstić information content (AvgIpc) is 2.90. The fourth-order valence-electron chi connectivity index (χ4n) is 3.81. The molecule has 7 heteroatoms. The van der Waals surface area contributed by atoms with E-state index in [4.69, 9.17) is 0 Å². The van der Waals surface area contributed by atoms with Crippen molar-refractivity contribution in [1.82, 2.24) is 19.7 Å². The summed E-state index contributed by atoms with van der Waals surface area (Å²) in [5.74, 6) is 0.580. The second-order valence-electron chi connectivity index (χ2n) is 7.02. The molecule has 1 aliphatic heterocycles. The summed E-state index contributed by atoms with van der Waals surface area (Å²) in [6.07, 6.45) is 5.43. The van der Waals surface area contributed by atoms with Crippen molar-refractivity contribution < 1.29 is 13.2 Å². The van der Waals surface area contributed by atoms with Crippen LogP contribution in [0.3, 0.4) is 0 Å². The first-order chi connectivity index (χ1) is 10.9. The summed E-state index contributed by atoms with van der Waals surface area (Å²) in [7, 11) is 0. The minimum absolute atomic E-state index is 0.240. The summed E-state index contributed by atoms with van der Waals surface area (Å²) < 4.78 is 39.6. The lowest BCUT2D eigenvalue weighted by Gasteiger charge is -2.47. The van der Waals surface area contributed by atoms with Crippen LogP contribution in [0.15, 0.2) is 18.6 Å². The third kappa shape index (κ3) is 2.82. The van der Waals surface area contributed by atoms with Crippen molar-refractivity contribution in [3.63, 3.8) is 0 Å². The second kappa shape index (κ2) is 5.19. The van der Waals surface area contributed by atoms with E-state index in [0.29, 0.717) is 11.3 Å². The van der Waals surface area contributed by atoms with Crippen molar-refractivity contribution in [2.24, 2.45) is 11.3 Å². The molecule has 23 heavy (non-hydrogen) atoms. The predicted octanol–water partition coefficient (Wildman–Crippen LogP) is 3.07. The van der Waals surface area contributed by atoms with E-state index in [0.717, 1.165) is 31.4 Å². The molecule has 1 N–H and O–H groups in total. The maximum Gasteiger partial charge on any atom is 0.434 e.